The molecule has 188 valence electrons. The summed E-state index contributed by atoms with van der Waals surface area (Å²) >= 11 is 0. The summed E-state index contributed by atoms with van der Waals surface area (Å²) in [5.74, 6) is -3.16. The number of aromatic nitrogens is 6. The highest BCUT2D eigenvalue weighted by Gasteiger charge is 2.36. The van der Waals surface area contributed by atoms with Crippen LogP contribution in [0, 0.1) is 24.4 Å². The minimum Gasteiger partial charge on any atom is -0.364 e. The molecule has 3 aromatic heterocycles. The number of hydrogen-bond donors (Lipinski definition) is 0. The normalized spacial score (nSPS) is 17.7. The number of halogens is 3. The van der Waals surface area contributed by atoms with Crippen molar-refractivity contribution in [3.05, 3.63) is 63.7 Å². The highest BCUT2D eigenvalue weighted by molar-refractivity contribution is 5.89. The molecule has 1 aliphatic heterocycles. The molecule has 0 amide bonds. The number of ether oxygens (including phenoxy) is 1. The molecule has 0 aliphatic carbocycles. The van der Waals surface area contributed by atoms with Crippen molar-refractivity contribution in [2.75, 3.05) is 18.0 Å². The standard InChI is InChI=1S/C24H24F3N7O2/c1-12-29-20-19(14-6-16(26)17(27)7-15(14)25)30-23(31-21(20)22(35)33(12)5)34-10-18(36-24(2,3)11-34)13-8-28-32(4)9-13/h6-9,18H,10-11H2,1-5H3/t18-/m1/s1. The van der Waals surface area contributed by atoms with Crippen LogP contribution in [0.25, 0.3) is 22.3 Å². The summed E-state index contributed by atoms with van der Waals surface area (Å²) < 4.78 is 52.0. The van der Waals surface area contributed by atoms with Crippen LogP contribution in [-0.4, -0.2) is 48.0 Å². The van der Waals surface area contributed by atoms with Gasteiger partial charge in [0.1, 0.15) is 29.0 Å². The topological polar surface area (TPSA) is 91.0 Å². The fourth-order valence-electron chi connectivity index (χ4n) is 4.39. The monoisotopic (exact) mass is 499 g/mol. The van der Waals surface area contributed by atoms with E-state index in [0.29, 0.717) is 31.0 Å². The van der Waals surface area contributed by atoms with Crippen LogP contribution < -0.4 is 10.5 Å². The molecule has 5 rings (SSSR count). The fraction of sp³-hybridized carbons (Fsp3) is 0.375. The van der Waals surface area contributed by atoms with Crippen LogP contribution in [0.2, 0.25) is 0 Å². The molecular formula is C24H24F3N7O2. The van der Waals surface area contributed by atoms with Crippen LogP contribution in [0.5, 0.6) is 0 Å². The Balaban J connectivity index is 1.73. The van der Waals surface area contributed by atoms with E-state index >= 15 is 0 Å². The molecule has 9 nitrogen and oxygen atoms in total. The van der Waals surface area contributed by atoms with E-state index in [1.807, 2.05) is 24.9 Å². The van der Waals surface area contributed by atoms with Crippen molar-refractivity contribution in [2.45, 2.75) is 32.5 Å². The predicted octanol–water partition coefficient (Wildman–Crippen LogP) is 3.21. The van der Waals surface area contributed by atoms with Crippen molar-refractivity contribution in [3.63, 3.8) is 0 Å². The van der Waals surface area contributed by atoms with Gasteiger partial charge in [-0.25, -0.2) is 28.1 Å². The van der Waals surface area contributed by atoms with Gasteiger partial charge >= 0.3 is 0 Å². The minimum atomic E-state index is -1.33. The van der Waals surface area contributed by atoms with Gasteiger partial charge in [0.05, 0.1) is 18.3 Å². The molecule has 1 aromatic carbocycles. The quantitative estimate of drug-likeness (QED) is 0.400. The lowest BCUT2D eigenvalue weighted by Gasteiger charge is -2.42. The van der Waals surface area contributed by atoms with Gasteiger partial charge in [-0.2, -0.15) is 5.10 Å². The molecule has 0 N–H and O–H groups in total. The second kappa shape index (κ2) is 8.40. The summed E-state index contributed by atoms with van der Waals surface area (Å²) in [6.07, 6.45) is 3.16. The summed E-state index contributed by atoms with van der Waals surface area (Å²) in [5.41, 5.74) is -0.748. The van der Waals surface area contributed by atoms with Gasteiger partial charge in [0.2, 0.25) is 5.95 Å². The van der Waals surface area contributed by atoms with E-state index in [2.05, 4.69) is 20.1 Å². The smallest absolute Gasteiger partial charge is 0.279 e. The number of hydrogen-bond acceptors (Lipinski definition) is 7. The number of aryl methyl sites for hydroxylation is 2. The number of anilines is 1. The molecule has 4 heterocycles. The molecule has 12 heteroatoms. The van der Waals surface area contributed by atoms with E-state index in [1.165, 1.54) is 4.57 Å². The van der Waals surface area contributed by atoms with E-state index in [0.717, 1.165) is 5.56 Å². The number of nitrogens with zero attached hydrogens (tertiary/aromatic N) is 7. The first-order chi connectivity index (χ1) is 16.9. The highest BCUT2D eigenvalue weighted by atomic mass is 19.2. The van der Waals surface area contributed by atoms with E-state index in [1.54, 1.807) is 31.9 Å². The number of morpholine rings is 1. The Morgan fingerprint density at radius 3 is 2.44 bits per heavy atom. The highest BCUT2D eigenvalue weighted by Crippen LogP contribution is 2.35. The lowest BCUT2D eigenvalue weighted by molar-refractivity contribution is -0.0859. The second-order valence-electron chi connectivity index (χ2n) is 9.53. The zero-order valence-electron chi connectivity index (χ0n) is 20.4. The summed E-state index contributed by atoms with van der Waals surface area (Å²) in [6, 6.07) is 1.16. The Bertz CT molecular complexity index is 1560. The lowest BCUT2D eigenvalue weighted by atomic mass is 10.0. The number of fused-ring (bicyclic) bond motifs is 1. The minimum absolute atomic E-state index is 0.000544. The van der Waals surface area contributed by atoms with Crippen molar-refractivity contribution >= 4 is 17.0 Å². The third-order valence-electron chi connectivity index (χ3n) is 6.20. The van der Waals surface area contributed by atoms with Crippen LogP contribution in [-0.2, 0) is 18.8 Å². The first kappa shape index (κ1) is 23.9. The molecule has 0 bridgehead atoms. The third-order valence-corrected chi connectivity index (χ3v) is 6.20. The third kappa shape index (κ3) is 4.11. The largest absolute Gasteiger partial charge is 0.364 e. The Morgan fingerprint density at radius 1 is 1.03 bits per heavy atom. The van der Waals surface area contributed by atoms with Crippen LogP contribution in [0.1, 0.15) is 31.3 Å². The molecule has 1 saturated heterocycles. The van der Waals surface area contributed by atoms with Crippen molar-refractivity contribution in [2.24, 2.45) is 14.1 Å². The van der Waals surface area contributed by atoms with Crippen LogP contribution >= 0.6 is 0 Å². The summed E-state index contributed by atoms with van der Waals surface area (Å²) in [5, 5.41) is 4.21. The van der Waals surface area contributed by atoms with Crippen LogP contribution in [0.4, 0.5) is 19.1 Å². The Kier molecular flexibility index (Phi) is 5.58. The molecular weight excluding hydrogens is 475 g/mol. The molecule has 0 saturated carbocycles. The molecule has 0 unspecified atom stereocenters. The van der Waals surface area contributed by atoms with Gasteiger partial charge in [-0.3, -0.25) is 14.0 Å². The van der Waals surface area contributed by atoms with Gasteiger partial charge in [0.25, 0.3) is 5.56 Å². The van der Waals surface area contributed by atoms with E-state index in [-0.39, 0.29) is 34.3 Å². The molecule has 0 spiro atoms. The van der Waals surface area contributed by atoms with Crippen molar-refractivity contribution in [1.82, 2.24) is 29.3 Å². The Hall–Kier alpha value is -3.80. The summed E-state index contributed by atoms with van der Waals surface area (Å²) in [4.78, 5) is 28.4. The Morgan fingerprint density at radius 2 is 1.75 bits per heavy atom. The van der Waals surface area contributed by atoms with Crippen molar-refractivity contribution in [3.8, 4) is 11.3 Å². The predicted molar refractivity (Wildman–Crippen MR) is 126 cm³/mol. The average molecular weight is 499 g/mol. The SMILES string of the molecule is Cc1nc2c(-c3cc(F)c(F)cc3F)nc(N3C[C@H](c4cnn(C)c4)OC(C)(C)C3)nc2c(=O)n1C. The summed E-state index contributed by atoms with van der Waals surface area (Å²) in [6.45, 7) is 6.09. The van der Waals surface area contributed by atoms with Gasteiger partial charge in [0.15, 0.2) is 17.2 Å². The molecule has 36 heavy (non-hydrogen) atoms. The van der Waals surface area contributed by atoms with Crippen molar-refractivity contribution in [1.29, 1.82) is 0 Å². The average Bonchev–Trinajstić information content (AvgIpc) is 3.25. The first-order valence-electron chi connectivity index (χ1n) is 11.2. The van der Waals surface area contributed by atoms with E-state index in [4.69, 9.17) is 4.74 Å². The summed E-state index contributed by atoms with van der Waals surface area (Å²) in [7, 11) is 3.34. The zero-order chi connectivity index (χ0) is 25.9. The second-order valence-corrected chi connectivity index (χ2v) is 9.53. The van der Waals surface area contributed by atoms with Gasteiger partial charge in [-0.05, 0) is 26.8 Å². The van der Waals surface area contributed by atoms with Gasteiger partial charge in [-0.1, -0.05) is 0 Å². The molecule has 1 atom stereocenters. The van der Waals surface area contributed by atoms with E-state index < -0.39 is 28.6 Å². The van der Waals surface area contributed by atoms with Gasteiger partial charge in [0, 0.05) is 44.0 Å². The molecule has 1 fully saturated rings. The maximum Gasteiger partial charge on any atom is 0.279 e. The maximum atomic E-state index is 14.9. The molecule has 1 aliphatic rings. The molecule has 4 aromatic rings. The zero-order valence-corrected chi connectivity index (χ0v) is 20.4. The first-order valence-corrected chi connectivity index (χ1v) is 11.2. The maximum absolute atomic E-state index is 14.9. The fourth-order valence-corrected chi connectivity index (χ4v) is 4.39. The number of benzene rings is 1. The lowest BCUT2D eigenvalue weighted by Crippen LogP contribution is -2.50. The Labute approximate surface area is 204 Å². The number of rotatable bonds is 3. The van der Waals surface area contributed by atoms with Crippen LogP contribution in [0.3, 0.4) is 0 Å². The van der Waals surface area contributed by atoms with Gasteiger partial charge in [-0.15, -0.1) is 0 Å². The van der Waals surface area contributed by atoms with Crippen molar-refractivity contribution < 1.29 is 17.9 Å². The van der Waals surface area contributed by atoms with Gasteiger partial charge < -0.3 is 9.64 Å². The van der Waals surface area contributed by atoms with E-state index in [9.17, 15) is 18.0 Å². The van der Waals surface area contributed by atoms with Crippen LogP contribution in [0.15, 0.2) is 29.3 Å². The molecule has 0 radical (unpaired) electrons.